The van der Waals surface area contributed by atoms with Crippen LogP contribution in [-0.4, -0.2) is 12.1 Å². The molecule has 0 saturated heterocycles. The molecule has 3 aromatic rings. The number of hydrogen-bond donors (Lipinski definition) is 1. The highest BCUT2D eigenvalue weighted by Crippen LogP contribution is 2.37. The summed E-state index contributed by atoms with van der Waals surface area (Å²) in [5.41, 5.74) is 11.7. The van der Waals surface area contributed by atoms with E-state index in [4.69, 9.17) is 15.2 Å². The molecule has 1 aliphatic rings. The van der Waals surface area contributed by atoms with Gasteiger partial charge in [-0.05, 0) is 61.1 Å². The first-order chi connectivity index (χ1) is 15.2. The molecule has 0 atom stereocenters. The van der Waals surface area contributed by atoms with E-state index in [1.54, 1.807) is 7.11 Å². The van der Waals surface area contributed by atoms with Gasteiger partial charge in [0.2, 0.25) is 0 Å². The maximum Gasteiger partial charge on any atom is 0.142 e. The second kappa shape index (κ2) is 9.53. The van der Waals surface area contributed by atoms with Crippen molar-refractivity contribution in [2.45, 2.75) is 45.1 Å². The Kier molecular flexibility index (Phi) is 6.37. The molecule has 2 N–H and O–H groups in total. The number of fused-ring (bicyclic) bond motifs is 1. The first-order valence-electron chi connectivity index (χ1n) is 10.8. The minimum atomic E-state index is 0.315. The molecule has 0 fully saturated rings. The van der Waals surface area contributed by atoms with Crippen molar-refractivity contribution in [3.05, 3.63) is 70.9 Å². The van der Waals surface area contributed by atoms with Gasteiger partial charge in [-0.15, -0.1) is 0 Å². The number of nitrogens with zero attached hydrogens (tertiary/aromatic N) is 2. The fourth-order valence-corrected chi connectivity index (χ4v) is 4.27. The molecule has 0 amide bonds. The zero-order chi connectivity index (χ0) is 21.6. The maximum atomic E-state index is 9.89. The number of aryl methyl sites for hydroxylation is 1. The van der Waals surface area contributed by atoms with Crippen LogP contribution in [0.1, 0.15) is 48.1 Å². The molecule has 1 aliphatic carbocycles. The van der Waals surface area contributed by atoms with Gasteiger partial charge in [-0.3, -0.25) is 0 Å². The van der Waals surface area contributed by atoms with E-state index in [0.29, 0.717) is 18.0 Å². The molecule has 5 heteroatoms. The Morgan fingerprint density at radius 1 is 1.03 bits per heavy atom. The van der Waals surface area contributed by atoms with Gasteiger partial charge >= 0.3 is 0 Å². The molecule has 2 aromatic carbocycles. The summed E-state index contributed by atoms with van der Waals surface area (Å²) in [7, 11) is 1.65. The van der Waals surface area contributed by atoms with Gasteiger partial charge in [-0.25, -0.2) is 4.98 Å². The zero-order valence-corrected chi connectivity index (χ0v) is 17.9. The van der Waals surface area contributed by atoms with Crippen LogP contribution in [-0.2, 0) is 19.4 Å². The van der Waals surface area contributed by atoms with Crippen LogP contribution in [0.15, 0.2) is 48.5 Å². The Hall–Kier alpha value is -3.52. The summed E-state index contributed by atoms with van der Waals surface area (Å²) in [6.45, 7) is 0.367. The van der Waals surface area contributed by atoms with Crippen molar-refractivity contribution in [3.63, 3.8) is 0 Å². The van der Waals surface area contributed by atoms with E-state index in [-0.39, 0.29) is 0 Å². The summed E-state index contributed by atoms with van der Waals surface area (Å²) in [4.78, 5) is 4.61. The summed E-state index contributed by atoms with van der Waals surface area (Å²) in [5, 5.41) is 9.89. The Morgan fingerprint density at radius 3 is 2.55 bits per heavy atom. The van der Waals surface area contributed by atoms with Crippen LogP contribution in [0.25, 0.3) is 11.1 Å². The van der Waals surface area contributed by atoms with Crippen LogP contribution >= 0.6 is 0 Å². The molecule has 0 radical (unpaired) electrons. The van der Waals surface area contributed by atoms with Gasteiger partial charge in [0.15, 0.2) is 0 Å². The van der Waals surface area contributed by atoms with Crippen LogP contribution in [0.4, 0.5) is 5.82 Å². The Bertz CT molecular complexity index is 1100. The van der Waals surface area contributed by atoms with Crippen molar-refractivity contribution in [1.82, 2.24) is 4.98 Å². The third kappa shape index (κ3) is 4.49. The minimum Gasteiger partial charge on any atom is -0.496 e. The predicted molar refractivity (Wildman–Crippen MR) is 122 cm³/mol. The normalized spacial score (nSPS) is 13.4. The molecule has 4 rings (SSSR count). The molecule has 0 bridgehead atoms. The molecule has 0 aliphatic heterocycles. The second-order valence-corrected chi connectivity index (χ2v) is 7.83. The highest BCUT2D eigenvalue weighted by Gasteiger charge is 2.21. The summed E-state index contributed by atoms with van der Waals surface area (Å²) >= 11 is 0. The highest BCUT2D eigenvalue weighted by molar-refractivity contribution is 5.80. The number of nitriles is 1. The Balaban J connectivity index is 1.79. The lowest BCUT2D eigenvalue weighted by Crippen LogP contribution is -2.10. The molecule has 1 aromatic heterocycles. The third-order valence-corrected chi connectivity index (χ3v) is 5.82. The number of aromatic nitrogens is 1. The van der Waals surface area contributed by atoms with Gasteiger partial charge in [0.05, 0.1) is 7.11 Å². The number of rotatable bonds is 5. The quantitative estimate of drug-likeness (QED) is 0.601. The van der Waals surface area contributed by atoms with E-state index in [1.165, 1.54) is 12.8 Å². The number of hydrogen-bond acceptors (Lipinski definition) is 5. The van der Waals surface area contributed by atoms with Crippen molar-refractivity contribution < 1.29 is 9.47 Å². The molecule has 0 unspecified atom stereocenters. The van der Waals surface area contributed by atoms with Gasteiger partial charge < -0.3 is 15.2 Å². The molecule has 5 nitrogen and oxygen atoms in total. The van der Waals surface area contributed by atoms with Crippen LogP contribution in [0.2, 0.25) is 0 Å². The van der Waals surface area contributed by atoms with Gasteiger partial charge in [0.25, 0.3) is 0 Å². The zero-order valence-electron chi connectivity index (χ0n) is 17.9. The fourth-order valence-electron chi connectivity index (χ4n) is 4.27. The van der Waals surface area contributed by atoms with Gasteiger partial charge in [0.1, 0.15) is 35.6 Å². The van der Waals surface area contributed by atoms with Gasteiger partial charge in [0, 0.05) is 16.8 Å². The van der Waals surface area contributed by atoms with Crippen molar-refractivity contribution >= 4 is 5.82 Å². The number of anilines is 1. The van der Waals surface area contributed by atoms with E-state index < -0.39 is 0 Å². The monoisotopic (exact) mass is 413 g/mol. The second-order valence-electron chi connectivity index (χ2n) is 7.83. The number of benzene rings is 2. The summed E-state index contributed by atoms with van der Waals surface area (Å²) in [6, 6.07) is 18.0. The van der Waals surface area contributed by atoms with Crippen LogP contribution < -0.4 is 15.2 Å². The van der Waals surface area contributed by atoms with E-state index >= 15 is 0 Å². The van der Waals surface area contributed by atoms with Crippen LogP contribution in [0.3, 0.4) is 0 Å². The SMILES string of the molecule is COc1ccc(-c2c(C#N)c(N)nc3c2CCCCCC3)cc1COc1ccccc1. The van der Waals surface area contributed by atoms with Crippen LogP contribution in [0.5, 0.6) is 11.5 Å². The molecular formula is C26H27N3O2. The number of para-hydroxylation sites is 1. The number of nitrogen functional groups attached to an aromatic ring is 1. The lowest BCUT2D eigenvalue weighted by molar-refractivity contribution is 0.297. The standard InChI is InChI=1S/C26H27N3O2/c1-30-24-14-13-18(15-19(24)17-31-20-9-5-4-6-10-20)25-21-11-7-2-3-8-12-23(21)29-26(28)22(25)16-27/h4-6,9-10,13-15H,2-3,7-8,11-12,17H2,1H3,(H2,28,29). The lowest BCUT2D eigenvalue weighted by atomic mass is 9.87. The van der Waals surface area contributed by atoms with E-state index in [1.807, 2.05) is 42.5 Å². The molecule has 0 saturated carbocycles. The molecular weight excluding hydrogens is 386 g/mol. The number of methoxy groups -OCH3 is 1. The van der Waals surface area contributed by atoms with Gasteiger partial charge in [-0.2, -0.15) is 5.26 Å². The number of nitrogens with two attached hydrogens (primary N) is 1. The average Bonchev–Trinajstić information content (AvgIpc) is 2.78. The minimum absolute atomic E-state index is 0.315. The molecule has 158 valence electrons. The Labute approximate surface area is 183 Å². The van der Waals surface area contributed by atoms with E-state index in [2.05, 4.69) is 17.1 Å². The first kappa shape index (κ1) is 20.7. The predicted octanol–water partition coefficient (Wildman–Crippen LogP) is 5.45. The van der Waals surface area contributed by atoms with E-state index in [0.717, 1.165) is 65.1 Å². The topological polar surface area (TPSA) is 81.2 Å². The molecule has 1 heterocycles. The highest BCUT2D eigenvalue weighted by atomic mass is 16.5. The van der Waals surface area contributed by atoms with E-state index in [9.17, 15) is 5.26 Å². The maximum absolute atomic E-state index is 9.89. The van der Waals surface area contributed by atoms with Crippen LogP contribution in [0, 0.1) is 11.3 Å². The largest absolute Gasteiger partial charge is 0.496 e. The summed E-state index contributed by atoms with van der Waals surface area (Å²) < 4.78 is 11.5. The summed E-state index contributed by atoms with van der Waals surface area (Å²) in [6.07, 6.45) is 6.41. The average molecular weight is 414 g/mol. The molecule has 0 spiro atoms. The smallest absolute Gasteiger partial charge is 0.142 e. The number of pyridine rings is 1. The number of ether oxygens (including phenoxy) is 2. The third-order valence-electron chi connectivity index (χ3n) is 5.82. The van der Waals surface area contributed by atoms with Crippen molar-refractivity contribution in [3.8, 4) is 28.7 Å². The van der Waals surface area contributed by atoms with Gasteiger partial charge in [-0.1, -0.05) is 37.1 Å². The first-order valence-corrected chi connectivity index (χ1v) is 10.8. The van der Waals surface area contributed by atoms with Crippen molar-refractivity contribution in [2.75, 3.05) is 12.8 Å². The van der Waals surface area contributed by atoms with Crippen molar-refractivity contribution in [1.29, 1.82) is 5.26 Å². The summed E-state index contributed by atoms with van der Waals surface area (Å²) in [5.74, 6) is 1.86. The molecule has 31 heavy (non-hydrogen) atoms. The fraction of sp³-hybridized carbons (Fsp3) is 0.308. The Morgan fingerprint density at radius 2 is 1.81 bits per heavy atom. The lowest BCUT2D eigenvalue weighted by Gasteiger charge is -2.20. The van der Waals surface area contributed by atoms with Crippen molar-refractivity contribution in [2.24, 2.45) is 0 Å².